The van der Waals surface area contributed by atoms with Gasteiger partial charge in [-0.2, -0.15) is 4.98 Å². The molecule has 3 aromatic rings. The Morgan fingerprint density at radius 3 is 2.62 bits per heavy atom. The van der Waals surface area contributed by atoms with E-state index in [9.17, 15) is 4.79 Å². The first-order valence-electron chi connectivity index (χ1n) is 11.1. The van der Waals surface area contributed by atoms with Gasteiger partial charge in [-0.15, -0.1) is 10.6 Å². The molecule has 1 aliphatic rings. The van der Waals surface area contributed by atoms with Gasteiger partial charge in [-0.3, -0.25) is 9.99 Å². The van der Waals surface area contributed by atoms with Gasteiger partial charge < -0.3 is 9.47 Å². The molecule has 34 heavy (non-hydrogen) atoms. The van der Waals surface area contributed by atoms with Crippen LogP contribution >= 0.6 is 0 Å². The molecule has 0 spiro atoms. The molecule has 4 rings (SSSR count). The summed E-state index contributed by atoms with van der Waals surface area (Å²) in [6.07, 6.45) is 6.72. The Hall–Kier alpha value is -4.11. The third-order valence-electron chi connectivity index (χ3n) is 5.37. The number of hydrogen-bond acceptors (Lipinski definition) is 8. The van der Waals surface area contributed by atoms with Crippen LogP contribution in [0.5, 0.6) is 6.01 Å². The molecule has 9 heteroatoms. The van der Waals surface area contributed by atoms with Crippen molar-refractivity contribution in [2.75, 3.05) is 13.7 Å². The van der Waals surface area contributed by atoms with E-state index >= 15 is 0 Å². The standard InChI is InChI=1S/C25H28N6O3/c1-4-6-8-19(23-27-29-30-28-23)15-17-11-13-18(14-12-17)16-31-22-20(24(32)33-3)9-7-10-21(22)26-25(31)34-5-2/h4,6-14,29-30H,5,15-16H2,1-3H3,(H,27,28)/b6-4-,19-8+. The summed E-state index contributed by atoms with van der Waals surface area (Å²) < 4.78 is 12.7. The number of hydrazine groups is 2. The molecule has 1 aromatic heterocycles. The molecule has 0 fully saturated rings. The summed E-state index contributed by atoms with van der Waals surface area (Å²) >= 11 is 0. The number of amidine groups is 1. The Balaban J connectivity index is 1.62. The van der Waals surface area contributed by atoms with Crippen molar-refractivity contribution in [2.24, 2.45) is 5.10 Å². The molecule has 0 atom stereocenters. The first-order chi connectivity index (χ1) is 16.6. The first kappa shape index (κ1) is 23.1. The van der Waals surface area contributed by atoms with Gasteiger partial charge in [-0.25, -0.2) is 10.3 Å². The average molecular weight is 461 g/mol. The minimum atomic E-state index is -0.405. The number of ether oxygens (including phenoxy) is 2. The molecular formula is C25H28N6O3. The van der Waals surface area contributed by atoms with Gasteiger partial charge in [0.15, 0.2) is 5.84 Å². The second-order valence-electron chi connectivity index (χ2n) is 7.61. The number of nitrogens with one attached hydrogen (secondary N) is 3. The van der Waals surface area contributed by atoms with Crippen LogP contribution in [0.25, 0.3) is 11.0 Å². The lowest BCUT2D eigenvalue weighted by molar-refractivity contribution is 0.0602. The van der Waals surface area contributed by atoms with Crippen molar-refractivity contribution in [1.82, 2.24) is 26.0 Å². The highest BCUT2D eigenvalue weighted by Crippen LogP contribution is 2.27. The van der Waals surface area contributed by atoms with Crippen LogP contribution in [0.2, 0.25) is 0 Å². The topological polar surface area (TPSA) is 102 Å². The number of esters is 1. The predicted octanol–water partition coefficient (Wildman–Crippen LogP) is 3.24. The molecule has 2 heterocycles. The van der Waals surface area contributed by atoms with E-state index in [4.69, 9.17) is 9.47 Å². The van der Waals surface area contributed by atoms with E-state index in [1.54, 1.807) is 12.1 Å². The van der Waals surface area contributed by atoms with Crippen molar-refractivity contribution >= 4 is 22.8 Å². The Kier molecular flexibility index (Phi) is 7.24. The van der Waals surface area contributed by atoms with Crippen molar-refractivity contribution in [3.63, 3.8) is 0 Å². The van der Waals surface area contributed by atoms with Gasteiger partial charge in [0.2, 0.25) is 0 Å². The molecule has 9 nitrogen and oxygen atoms in total. The third kappa shape index (κ3) is 4.94. The van der Waals surface area contributed by atoms with E-state index in [-0.39, 0.29) is 0 Å². The quantitative estimate of drug-likeness (QED) is 0.333. The van der Waals surface area contributed by atoms with Gasteiger partial charge in [0.25, 0.3) is 6.01 Å². The van der Waals surface area contributed by atoms with E-state index in [0.29, 0.717) is 42.2 Å². The maximum absolute atomic E-state index is 12.4. The number of imidazole rings is 1. The molecule has 0 saturated heterocycles. The van der Waals surface area contributed by atoms with E-state index in [1.165, 1.54) is 7.11 Å². The molecule has 1 aliphatic heterocycles. The van der Waals surface area contributed by atoms with E-state index < -0.39 is 5.97 Å². The smallest absolute Gasteiger partial charge is 0.340 e. The summed E-state index contributed by atoms with van der Waals surface area (Å²) in [7, 11) is 1.38. The molecule has 0 bridgehead atoms. The number of benzene rings is 2. The minimum Gasteiger partial charge on any atom is -0.465 e. The molecule has 0 aliphatic carbocycles. The second kappa shape index (κ2) is 10.7. The van der Waals surface area contributed by atoms with Crippen LogP contribution < -0.4 is 21.2 Å². The highest BCUT2D eigenvalue weighted by molar-refractivity contribution is 6.02. The minimum absolute atomic E-state index is 0.405. The average Bonchev–Trinajstić information content (AvgIpc) is 3.51. The number of para-hydroxylation sites is 1. The zero-order valence-electron chi connectivity index (χ0n) is 19.5. The molecule has 176 valence electrons. The maximum Gasteiger partial charge on any atom is 0.340 e. The third-order valence-corrected chi connectivity index (χ3v) is 5.37. The van der Waals surface area contributed by atoms with Crippen LogP contribution in [0, 0.1) is 0 Å². The first-order valence-corrected chi connectivity index (χ1v) is 11.1. The summed E-state index contributed by atoms with van der Waals surface area (Å²) in [5.41, 5.74) is 13.6. The van der Waals surface area contributed by atoms with Gasteiger partial charge in [0.05, 0.1) is 36.9 Å². The largest absolute Gasteiger partial charge is 0.465 e. The van der Waals surface area contributed by atoms with Gasteiger partial charge in [0.1, 0.15) is 0 Å². The Bertz CT molecular complexity index is 1260. The number of nitrogens with zero attached hydrogens (tertiary/aromatic N) is 3. The zero-order chi connectivity index (χ0) is 23.9. The highest BCUT2D eigenvalue weighted by Gasteiger charge is 2.20. The lowest BCUT2D eigenvalue weighted by Crippen LogP contribution is -2.35. The normalized spacial score (nSPS) is 13.6. The number of rotatable bonds is 9. The molecule has 0 saturated carbocycles. The van der Waals surface area contributed by atoms with Crippen LogP contribution in [0.4, 0.5) is 0 Å². The number of methoxy groups -OCH3 is 1. The lowest BCUT2D eigenvalue weighted by Gasteiger charge is -2.12. The molecule has 0 radical (unpaired) electrons. The van der Waals surface area contributed by atoms with Crippen molar-refractivity contribution in [3.05, 3.63) is 83.0 Å². The van der Waals surface area contributed by atoms with Crippen molar-refractivity contribution in [3.8, 4) is 6.01 Å². The van der Waals surface area contributed by atoms with Crippen molar-refractivity contribution in [2.45, 2.75) is 26.8 Å². The predicted molar refractivity (Wildman–Crippen MR) is 131 cm³/mol. The monoisotopic (exact) mass is 460 g/mol. The number of carbonyl (C=O) groups excluding carboxylic acids is 1. The number of hydrazone groups is 1. The highest BCUT2D eigenvalue weighted by atomic mass is 16.5. The Morgan fingerprint density at radius 1 is 1.15 bits per heavy atom. The van der Waals surface area contributed by atoms with E-state index in [2.05, 4.69) is 50.8 Å². The van der Waals surface area contributed by atoms with Gasteiger partial charge in [-0.1, -0.05) is 48.6 Å². The fourth-order valence-electron chi connectivity index (χ4n) is 3.77. The maximum atomic E-state index is 12.4. The van der Waals surface area contributed by atoms with Crippen LogP contribution in [0.1, 0.15) is 35.3 Å². The van der Waals surface area contributed by atoms with Crippen LogP contribution in [0.3, 0.4) is 0 Å². The number of fused-ring (bicyclic) bond motifs is 1. The van der Waals surface area contributed by atoms with Gasteiger partial charge in [0, 0.05) is 12.0 Å². The summed E-state index contributed by atoms with van der Waals surface area (Å²) in [5.74, 6) is 0.349. The van der Waals surface area contributed by atoms with Crippen LogP contribution in [-0.4, -0.2) is 35.1 Å². The van der Waals surface area contributed by atoms with Crippen LogP contribution in [-0.2, 0) is 17.7 Å². The summed E-state index contributed by atoms with van der Waals surface area (Å²) in [6.45, 7) is 4.86. The molecule has 0 unspecified atom stereocenters. The summed E-state index contributed by atoms with van der Waals surface area (Å²) in [4.78, 5) is 17.0. The Labute approximate surface area is 198 Å². The second-order valence-corrected chi connectivity index (χ2v) is 7.61. The van der Waals surface area contributed by atoms with Gasteiger partial charge >= 0.3 is 5.97 Å². The SMILES string of the molecule is C/C=C\C=C(/Cc1ccc(Cn2c(OCC)nc3cccc(C(=O)OC)c32)cc1)C1=NNNN1. The van der Waals surface area contributed by atoms with E-state index in [1.807, 2.05) is 42.7 Å². The van der Waals surface area contributed by atoms with Crippen molar-refractivity contribution in [1.29, 1.82) is 0 Å². The summed E-state index contributed by atoms with van der Waals surface area (Å²) in [6, 6.07) is 14.2. The lowest BCUT2D eigenvalue weighted by atomic mass is 10.0. The van der Waals surface area contributed by atoms with Crippen LogP contribution in [0.15, 0.2) is 71.4 Å². The number of allylic oxidation sites excluding steroid dienone is 3. The number of hydrogen-bond donors (Lipinski definition) is 3. The molecular weight excluding hydrogens is 432 g/mol. The Morgan fingerprint density at radius 2 is 1.94 bits per heavy atom. The molecule has 2 aromatic carbocycles. The molecule has 3 N–H and O–H groups in total. The summed E-state index contributed by atoms with van der Waals surface area (Å²) in [5, 5.41) is 4.22. The van der Waals surface area contributed by atoms with Crippen molar-refractivity contribution < 1.29 is 14.3 Å². The van der Waals surface area contributed by atoms with Gasteiger partial charge in [-0.05, 0) is 37.1 Å². The van der Waals surface area contributed by atoms with E-state index in [0.717, 1.165) is 22.5 Å². The zero-order valence-corrected chi connectivity index (χ0v) is 19.5. The number of aromatic nitrogens is 2. The number of carbonyl (C=O) groups is 1. The fourth-order valence-corrected chi connectivity index (χ4v) is 3.77. The molecule has 0 amide bonds. The fraction of sp³-hybridized carbons (Fsp3) is 0.240.